The summed E-state index contributed by atoms with van der Waals surface area (Å²) in [7, 11) is 0. The molecule has 0 bridgehead atoms. The van der Waals surface area contributed by atoms with Gasteiger partial charge in [0.1, 0.15) is 11.2 Å². The van der Waals surface area contributed by atoms with Crippen LogP contribution in [-0.2, 0) is 0 Å². The zero-order chi connectivity index (χ0) is 31.3. The number of aromatic nitrogens is 3. The lowest BCUT2D eigenvalue weighted by atomic mass is 9.91. The predicted octanol–water partition coefficient (Wildman–Crippen LogP) is 10.6. The summed E-state index contributed by atoms with van der Waals surface area (Å²) in [5.74, 6) is 1.73. The van der Waals surface area contributed by atoms with E-state index in [-0.39, 0.29) is 0 Å². The maximum absolute atomic E-state index is 10.2. The molecule has 9 aromatic rings. The monoisotopic (exact) mass is 600 g/mol. The topological polar surface area (TPSA) is 75.6 Å². The average Bonchev–Trinajstić information content (AvgIpc) is 3.53. The molecule has 0 atom stereocenters. The van der Waals surface area contributed by atoms with Crippen LogP contribution in [0.2, 0.25) is 0 Å². The molecule has 0 aliphatic heterocycles. The molecule has 2 aromatic heterocycles. The Hall–Kier alpha value is -6.64. The van der Waals surface area contributed by atoms with E-state index < -0.39 is 0 Å². The van der Waals surface area contributed by atoms with Gasteiger partial charge in [-0.15, -0.1) is 0 Å². The van der Waals surface area contributed by atoms with E-state index in [4.69, 9.17) is 19.4 Å². The van der Waals surface area contributed by atoms with Crippen LogP contribution in [0.4, 0.5) is 0 Å². The maximum atomic E-state index is 10.2. The van der Waals surface area contributed by atoms with Crippen molar-refractivity contribution in [3.8, 4) is 51.4 Å². The molecule has 0 saturated heterocycles. The van der Waals surface area contributed by atoms with Crippen LogP contribution in [0.5, 0.6) is 0 Å². The van der Waals surface area contributed by atoms with Crippen LogP contribution in [0.3, 0.4) is 0 Å². The molecule has 0 N–H and O–H groups in total. The van der Waals surface area contributed by atoms with Gasteiger partial charge in [0.15, 0.2) is 17.5 Å². The van der Waals surface area contributed by atoms with Crippen molar-refractivity contribution in [3.05, 3.63) is 151 Å². The van der Waals surface area contributed by atoms with Gasteiger partial charge in [0.25, 0.3) is 0 Å². The van der Waals surface area contributed by atoms with Crippen molar-refractivity contribution in [1.29, 1.82) is 5.26 Å². The minimum absolute atomic E-state index is 0.570. The van der Waals surface area contributed by atoms with Crippen LogP contribution in [-0.4, -0.2) is 15.0 Å². The zero-order valence-electron chi connectivity index (χ0n) is 25.1. The maximum Gasteiger partial charge on any atom is 0.164 e. The molecule has 0 fully saturated rings. The molecule has 2 heterocycles. The van der Waals surface area contributed by atoms with Gasteiger partial charge in [0.2, 0.25) is 0 Å². The molecule has 0 aliphatic carbocycles. The van der Waals surface area contributed by atoms with Crippen LogP contribution >= 0.6 is 0 Å². The SMILES string of the molecule is N#Cc1cc2ccccc2cc1-c1cccc2c(-c3nc(-c4ccccc4)nc(-c4cccc5oc6ccccc6c45)n3)cccc12. The van der Waals surface area contributed by atoms with Crippen molar-refractivity contribution in [2.75, 3.05) is 0 Å². The smallest absolute Gasteiger partial charge is 0.164 e. The number of hydrogen-bond acceptors (Lipinski definition) is 5. The van der Waals surface area contributed by atoms with Crippen molar-refractivity contribution in [1.82, 2.24) is 15.0 Å². The van der Waals surface area contributed by atoms with E-state index in [0.29, 0.717) is 23.0 Å². The molecule has 5 nitrogen and oxygen atoms in total. The Morgan fingerprint density at radius 3 is 1.83 bits per heavy atom. The van der Waals surface area contributed by atoms with Gasteiger partial charge < -0.3 is 4.42 Å². The molecule has 47 heavy (non-hydrogen) atoms. The fraction of sp³-hybridized carbons (Fsp3) is 0. The van der Waals surface area contributed by atoms with Crippen molar-refractivity contribution >= 4 is 43.5 Å². The van der Waals surface area contributed by atoms with Crippen molar-refractivity contribution < 1.29 is 4.42 Å². The van der Waals surface area contributed by atoms with E-state index in [2.05, 4.69) is 48.5 Å². The summed E-state index contributed by atoms with van der Waals surface area (Å²) in [4.78, 5) is 15.2. The summed E-state index contributed by atoms with van der Waals surface area (Å²) in [6, 6.07) is 51.1. The van der Waals surface area contributed by atoms with E-state index in [1.165, 1.54) is 0 Å². The standard InChI is InChI=1S/C42H24N4O/c43-25-29-23-27-13-4-5-14-28(27)24-36(29)32-18-8-17-31-30(32)16-9-19-33(31)41-44-40(26-11-2-1-3-12-26)45-42(46-41)35-20-10-22-38-39(35)34-15-6-7-21-37(34)47-38/h1-24H. The van der Waals surface area contributed by atoms with Crippen molar-refractivity contribution in [2.45, 2.75) is 0 Å². The largest absolute Gasteiger partial charge is 0.456 e. The van der Waals surface area contributed by atoms with Gasteiger partial charge in [-0.1, -0.05) is 121 Å². The number of nitriles is 1. The predicted molar refractivity (Wildman–Crippen MR) is 189 cm³/mol. The number of fused-ring (bicyclic) bond motifs is 5. The van der Waals surface area contributed by atoms with Gasteiger partial charge in [-0.2, -0.15) is 5.26 Å². The Labute approximate surface area is 270 Å². The number of furan rings is 1. The second kappa shape index (κ2) is 10.8. The molecule has 0 spiro atoms. The van der Waals surface area contributed by atoms with Crippen molar-refractivity contribution in [3.63, 3.8) is 0 Å². The highest BCUT2D eigenvalue weighted by molar-refractivity contribution is 6.12. The average molecular weight is 601 g/mol. The first-order valence-electron chi connectivity index (χ1n) is 15.4. The third-order valence-electron chi connectivity index (χ3n) is 8.77. The quantitative estimate of drug-likeness (QED) is 0.201. The number of hydrogen-bond donors (Lipinski definition) is 0. The minimum atomic E-state index is 0.570. The lowest BCUT2D eigenvalue weighted by molar-refractivity contribution is 0.669. The minimum Gasteiger partial charge on any atom is -0.456 e. The second-order valence-electron chi connectivity index (χ2n) is 11.5. The van der Waals surface area contributed by atoms with Crippen LogP contribution in [0.15, 0.2) is 150 Å². The zero-order valence-corrected chi connectivity index (χ0v) is 25.1. The van der Waals surface area contributed by atoms with Crippen LogP contribution < -0.4 is 0 Å². The van der Waals surface area contributed by atoms with E-state index in [1.807, 2.05) is 103 Å². The molecule has 7 aromatic carbocycles. The highest BCUT2D eigenvalue weighted by Crippen LogP contribution is 2.39. The fourth-order valence-electron chi connectivity index (χ4n) is 6.59. The summed E-state index contributed by atoms with van der Waals surface area (Å²) >= 11 is 0. The van der Waals surface area contributed by atoms with Crippen LogP contribution in [0, 0.1) is 11.3 Å². The highest BCUT2D eigenvalue weighted by Gasteiger charge is 2.19. The summed E-state index contributed by atoms with van der Waals surface area (Å²) in [6.07, 6.45) is 0. The number of nitrogens with zero attached hydrogens (tertiary/aromatic N) is 4. The van der Waals surface area contributed by atoms with Gasteiger partial charge >= 0.3 is 0 Å². The molecule has 0 aliphatic rings. The molecule has 0 radical (unpaired) electrons. The number of para-hydroxylation sites is 1. The van der Waals surface area contributed by atoms with Gasteiger partial charge in [-0.3, -0.25) is 0 Å². The van der Waals surface area contributed by atoms with Gasteiger partial charge in [0.05, 0.1) is 11.6 Å². The van der Waals surface area contributed by atoms with Crippen molar-refractivity contribution in [2.24, 2.45) is 0 Å². The summed E-state index contributed by atoms with van der Waals surface area (Å²) in [6.45, 7) is 0. The van der Waals surface area contributed by atoms with E-state index in [0.717, 1.165) is 71.3 Å². The third kappa shape index (κ3) is 4.43. The van der Waals surface area contributed by atoms with E-state index in [9.17, 15) is 5.26 Å². The molecule has 0 unspecified atom stereocenters. The van der Waals surface area contributed by atoms with E-state index in [1.54, 1.807) is 0 Å². The third-order valence-corrected chi connectivity index (χ3v) is 8.77. The Bertz CT molecular complexity index is 2700. The van der Waals surface area contributed by atoms with Gasteiger partial charge in [-0.25, -0.2) is 15.0 Å². The lowest BCUT2D eigenvalue weighted by Crippen LogP contribution is -2.01. The Balaban J connectivity index is 1.30. The highest BCUT2D eigenvalue weighted by atomic mass is 16.3. The Kier molecular flexibility index (Phi) is 6.12. The Morgan fingerprint density at radius 2 is 1.02 bits per heavy atom. The van der Waals surface area contributed by atoms with Gasteiger partial charge in [-0.05, 0) is 51.4 Å². The molecule has 218 valence electrons. The number of rotatable bonds is 4. The molecule has 0 saturated carbocycles. The molecule has 5 heteroatoms. The van der Waals surface area contributed by atoms with Crippen LogP contribution in [0.1, 0.15) is 5.56 Å². The van der Waals surface area contributed by atoms with E-state index >= 15 is 0 Å². The summed E-state index contributed by atoms with van der Waals surface area (Å²) in [5, 5.41) is 16.3. The molecule has 0 amide bonds. The first-order chi connectivity index (χ1) is 23.2. The number of benzene rings is 7. The first-order valence-corrected chi connectivity index (χ1v) is 15.4. The fourth-order valence-corrected chi connectivity index (χ4v) is 6.59. The molecule has 9 rings (SSSR count). The first kappa shape index (κ1) is 26.7. The van der Waals surface area contributed by atoms with Crippen LogP contribution in [0.25, 0.3) is 88.8 Å². The summed E-state index contributed by atoms with van der Waals surface area (Å²) in [5.41, 5.74) is 6.78. The molecular formula is C42H24N4O. The van der Waals surface area contributed by atoms with Gasteiger partial charge in [0, 0.05) is 33.0 Å². The normalized spacial score (nSPS) is 11.4. The summed E-state index contributed by atoms with van der Waals surface area (Å²) < 4.78 is 6.21. The second-order valence-corrected chi connectivity index (χ2v) is 11.5. The lowest BCUT2D eigenvalue weighted by Gasteiger charge is -2.14. The Morgan fingerprint density at radius 1 is 0.447 bits per heavy atom. The molecular weight excluding hydrogens is 576 g/mol.